The fourth-order valence-electron chi connectivity index (χ4n) is 2.76. The monoisotopic (exact) mass is 353 g/mol. The van der Waals surface area contributed by atoms with E-state index in [1.807, 2.05) is 4.90 Å². The van der Waals surface area contributed by atoms with E-state index < -0.39 is 0 Å². The van der Waals surface area contributed by atoms with Gasteiger partial charge in [-0.2, -0.15) is 0 Å². The molecule has 0 aliphatic carbocycles. The molecule has 2 amide bonds. The fourth-order valence-corrected chi connectivity index (χ4v) is 2.93. The Labute approximate surface area is 147 Å². The van der Waals surface area contributed by atoms with E-state index in [9.17, 15) is 9.59 Å². The van der Waals surface area contributed by atoms with Crippen LogP contribution in [-0.2, 0) is 9.59 Å². The minimum absolute atomic E-state index is 0.0803. The number of methoxy groups -OCH3 is 1. The predicted octanol–water partition coefficient (Wildman–Crippen LogP) is 2.23. The van der Waals surface area contributed by atoms with E-state index in [4.69, 9.17) is 16.3 Å². The van der Waals surface area contributed by atoms with Crippen LogP contribution in [0.4, 0.5) is 5.69 Å². The minimum atomic E-state index is -0.0803. The second-order valence-corrected chi connectivity index (χ2v) is 6.28. The summed E-state index contributed by atoms with van der Waals surface area (Å²) >= 11 is 5.97. The molecule has 1 saturated heterocycles. The Hall–Kier alpha value is -1.79. The molecule has 1 aromatic rings. The van der Waals surface area contributed by atoms with Crippen LogP contribution in [0.15, 0.2) is 18.2 Å². The summed E-state index contributed by atoms with van der Waals surface area (Å²) in [7, 11) is 1.55. The van der Waals surface area contributed by atoms with Crippen molar-refractivity contribution in [3.8, 4) is 5.75 Å². The van der Waals surface area contributed by atoms with Gasteiger partial charge < -0.3 is 19.9 Å². The van der Waals surface area contributed by atoms with Gasteiger partial charge in [0.2, 0.25) is 11.8 Å². The Morgan fingerprint density at radius 3 is 2.75 bits per heavy atom. The van der Waals surface area contributed by atoms with E-state index in [1.165, 1.54) is 0 Å². The van der Waals surface area contributed by atoms with Crippen LogP contribution in [0.2, 0.25) is 5.02 Å². The Morgan fingerprint density at radius 2 is 2.04 bits per heavy atom. The molecule has 0 saturated carbocycles. The standard InChI is InChI=1S/C17H24ClN3O3/c1-13(22)21-8-3-7-20(10-11-21)9-6-17(23)19-15-12-14(18)4-5-16(15)24-2/h4-5,12H,3,6-11H2,1-2H3,(H,19,23). The SMILES string of the molecule is COc1ccc(Cl)cc1NC(=O)CCN1CCCN(C(C)=O)CC1. The van der Waals surface area contributed by atoms with Gasteiger partial charge in [0.1, 0.15) is 5.75 Å². The molecule has 7 heteroatoms. The number of rotatable bonds is 5. The van der Waals surface area contributed by atoms with Gasteiger partial charge in [-0.05, 0) is 31.2 Å². The van der Waals surface area contributed by atoms with E-state index in [1.54, 1.807) is 32.2 Å². The van der Waals surface area contributed by atoms with Crippen molar-refractivity contribution >= 4 is 29.1 Å². The van der Waals surface area contributed by atoms with Gasteiger partial charge in [-0.1, -0.05) is 11.6 Å². The normalized spacial score (nSPS) is 15.7. The number of amides is 2. The topological polar surface area (TPSA) is 61.9 Å². The maximum absolute atomic E-state index is 12.2. The van der Waals surface area contributed by atoms with Gasteiger partial charge in [0.15, 0.2) is 0 Å². The number of anilines is 1. The largest absolute Gasteiger partial charge is 0.495 e. The molecule has 2 rings (SSSR count). The van der Waals surface area contributed by atoms with Gasteiger partial charge in [0, 0.05) is 44.5 Å². The van der Waals surface area contributed by atoms with Crippen LogP contribution in [0.1, 0.15) is 19.8 Å². The molecule has 6 nitrogen and oxygen atoms in total. The van der Waals surface area contributed by atoms with Crippen LogP contribution >= 0.6 is 11.6 Å². The number of halogens is 1. The van der Waals surface area contributed by atoms with E-state index in [0.717, 1.165) is 32.6 Å². The van der Waals surface area contributed by atoms with Gasteiger partial charge in [-0.25, -0.2) is 0 Å². The average Bonchev–Trinajstić information content (AvgIpc) is 2.79. The van der Waals surface area contributed by atoms with Crippen molar-refractivity contribution < 1.29 is 14.3 Å². The first kappa shape index (κ1) is 18.5. The molecule has 0 spiro atoms. The molecular weight excluding hydrogens is 330 g/mol. The molecular formula is C17H24ClN3O3. The number of carbonyl (C=O) groups excluding carboxylic acids is 2. The zero-order valence-corrected chi connectivity index (χ0v) is 14.9. The molecule has 0 radical (unpaired) electrons. The Morgan fingerprint density at radius 1 is 1.25 bits per heavy atom. The highest BCUT2D eigenvalue weighted by Crippen LogP contribution is 2.27. The molecule has 1 heterocycles. The Balaban J connectivity index is 1.83. The highest BCUT2D eigenvalue weighted by molar-refractivity contribution is 6.31. The molecule has 1 aliphatic heterocycles. The van der Waals surface area contributed by atoms with E-state index in [0.29, 0.717) is 29.4 Å². The lowest BCUT2D eigenvalue weighted by atomic mass is 10.2. The summed E-state index contributed by atoms with van der Waals surface area (Å²) in [5, 5.41) is 3.39. The highest BCUT2D eigenvalue weighted by Gasteiger charge is 2.17. The van der Waals surface area contributed by atoms with E-state index in [2.05, 4.69) is 10.2 Å². The van der Waals surface area contributed by atoms with Crippen LogP contribution in [0.3, 0.4) is 0 Å². The third-order valence-electron chi connectivity index (χ3n) is 4.12. The molecule has 1 fully saturated rings. The lowest BCUT2D eigenvalue weighted by molar-refractivity contribution is -0.128. The molecule has 132 valence electrons. The van der Waals surface area contributed by atoms with E-state index >= 15 is 0 Å². The summed E-state index contributed by atoms with van der Waals surface area (Å²) in [6, 6.07) is 5.12. The minimum Gasteiger partial charge on any atom is -0.495 e. The number of hydrogen-bond acceptors (Lipinski definition) is 4. The predicted molar refractivity (Wildman–Crippen MR) is 94.6 cm³/mol. The zero-order valence-electron chi connectivity index (χ0n) is 14.2. The van der Waals surface area contributed by atoms with Crippen molar-refractivity contribution in [1.82, 2.24) is 9.80 Å². The van der Waals surface area contributed by atoms with Crippen molar-refractivity contribution in [2.24, 2.45) is 0 Å². The second-order valence-electron chi connectivity index (χ2n) is 5.84. The highest BCUT2D eigenvalue weighted by atomic mass is 35.5. The maximum atomic E-state index is 12.2. The molecule has 0 aromatic heterocycles. The first-order chi connectivity index (χ1) is 11.5. The van der Waals surface area contributed by atoms with Crippen LogP contribution in [0.25, 0.3) is 0 Å². The van der Waals surface area contributed by atoms with Crippen LogP contribution in [0, 0.1) is 0 Å². The molecule has 1 N–H and O–H groups in total. The van der Waals surface area contributed by atoms with Crippen molar-refractivity contribution in [2.45, 2.75) is 19.8 Å². The summed E-state index contributed by atoms with van der Waals surface area (Å²) in [5.41, 5.74) is 0.577. The van der Waals surface area contributed by atoms with Gasteiger partial charge in [0.25, 0.3) is 0 Å². The van der Waals surface area contributed by atoms with Gasteiger partial charge >= 0.3 is 0 Å². The Bertz CT molecular complexity index is 594. The number of nitrogens with one attached hydrogen (secondary N) is 1. The third kappa shape index (κ3) is 5.39. The smallest absolute Gasteiger partial charge is 0.225 e. The van der Waals surface area contributed by atoms with Crippen LogP contribution < -0.4 is 10.1 Å². The summed E-state index contributed by atoms with van der Waals surface area (Å²) in [6.07, 6.45) is 1.32. The number of nitrogens with zero attached hydrogens (tertiary/aromatic N) is 2. The first-order valence-electron chi connectivity index (χ1n) is 8.11. The molecule has 24 heavy (non-hydrogen) atoms. The zero-order chi connectivity index (χ0) is 17.5. The summed E-state index contributed by atoms with van der Waals surface area (Å²) in [6.45, 7) is 5.48. The molecule has 0 unspecified atom stereocenters. The van der Waals surface area contributed by atoms with E-state index in [-0.39, 0.29) is 11.8 Å². The quantitative estimate of drug-likeness (QED) is 0.881. The lowest BCUT2D eigenvalue weighted by Gasteiger charge is -2.20. The number of carbonyl (C=O) groups is 2. The average molecular weight is 354 g/mol. The maximum Gasteiger partial charge on any atom is 0.225 e. The van der Waals surface area contributed by atoms with Gasteiger partial charge in [-0.3, -0.25) is 9.59 Å². The lowest BCUT2D eigenvalue weighted by Crippen LogP contribution is -2.34. The fraction of sp³-hybridized carbons (Fsp3) is 0.529. The van der Waals surface area contributed by atoms with Crippen LogP contribution in [0.5, 0.6) is 5.75 Å². The summed E-state index contributed by atoms with van der Waals surface area (Å²) in [4.78, 5) is 27.7. The number of benzene rings is 1. The van der Waals surface area contributed by atoms with Gasteiger partial charge in [0.05, 0.1) is 12.8 Å². The molecule has 1 aromatic carbocycles. The van der Waals surface area contributed by atoms with Crippen molar-refractivity contribution in [3.05, 3.63) is 23.2 Å². The molecule has 0 atom stereocenters. The summed E-state index contributed by atoms with van der Waals surface area (Å²) < 4.78 is 5.23. The number of ether oxygens (including phenoxy) is 1. The second kappa shape index (κ2) is 8.89. The molecule has 1 aliphatic rings. The van der Waals surface area contributed by atoms with Crippen molar-refractivity contribution in [3.63, 3.8) is 0 Å². The summed E-state index contributed by atoms with van der Waals surface area (Å²) in [5.74, 6) is 0.616. The van der Waals surface area contributed by atoms with Crippen LogP contribution in [-0.4, -0.2) is 61.4 Å². The van der Waals surface area contributed by atoms with Gasteiger partial charge in [-0.15, -0.1) is 0 Å². The third-order valence-corrected chi connectivity index (χ3v) is 4.36. The van der Waals surface area contributed by atoms with Crippen molar-refractivity contribution in [1.29, 1.82) is 0 Å². The van der Waals surface area contributed by atoms with Crippen molar-refractivity contribution in [2.75, 3.05) is 45.2 Å². The Kier molecular flexibility index (Phi) is 6.87. The molecule has 0 bridgehead atoms. The first-order valence-corrected chi connectivity index (χ1v) is 8.48. The number of hydrogen-bond donors (Lipinski definition) is 1.